The van der Waals surface area contributed by atoms with Crippen LogP contribution in [-0.2, 0) is 11.3 Å². The summed E-state index contributed by atoms with van der Waals surface area (Å²) in [7, 11) is 0. The minimum atomic E-state index is -0.111. The Balaban J connectivity index is 1.86. The van der Waals surface area contributed by atoms with Crippen molar-refractivity contribution in [3.63, 3.8) is 0 Å². The van der Waals surface area contributed by atoms with Crippen LogP contribution in [0.1, 0.15) is 16.7 Å². The van der Waals surface area contributed by atoms with Crippen LogP contribution in [0.5, 0.6) is 0 Å². The first kappa shape index (κ1) is 14.4. The fourth-order valence-electron chi connectivity index (χ4n) is 1.70. The second-order valence-corrected chi connectivity index (χ2v) is 5.02. The average molecular weight is 286 g/mol. The molecule has 1 amide bonds. The molecule has 3 heteroatoms. The molecule has 2 aromatic rings. The largest absolute Gasteiger partial charge is 0.348 e. The molecular formula is C17H16ClNO. The zero-order valence-electron chi connectivity index (χ0n) is 11.3. The Morgan fingerprint density at radius 2 is 1.75 bits per heavy atom. The molecule has 0 heterocycles. The Morgan fingerprint density at radius 1 is 1.10 bits per heavy atom. The van der Waals surface area contributed by atoms with Gasteiger partial charge in [0.25, 0.3) is 0 Å². The first-order valence-corrected chi connectivity index (χ1v) is 6.78. The smallest absolute Gasteiger partial charge is 0.244 e. The maximum Gasteiger partial charge on any atom is 0.244 e. The van der Waals surface area contributed by atoms with E-state index in [1.165, 1.54) is 5.56 Å². The van der Waals surface area contributed by atoms with Crippen LogP contribution in [0, 0.1) is 6.92 Å². The van der Waals surface area contributed by atoms with Crippen LogP contribution < -0.4 is 5.32 Å². The molecule has 0 radical (unpaired) electrons. The lowest BCUT2D eigenvalue weighted by molar-refractivity contribution is -0.116. The minimum absolute atomic E-state index is 0.111. The Bertz CT molecular complexity index is 600. The van der Waals surface area contributed by atoms with Crippen LogP contribution in [-0.4, -0.2) is 5.91 Å². The van der Waals surface area contributed by atoms with Crippen molar-refractivity contribution >= 4 is 23.6 Å². The number of amides is 1. The van der Waals surface area contributed by atoms with E-state index < -0.39 is 0 Å². The van der Waals surface area contributed by atoms with E-state index in [0.717, 1.165) is 11.1 Å². The highest BCUT2D eigenvalue weighted by Gasteiger charge is 1.97. The molecule has 0 aliphatic heterocycles. The van der Waals surface area contributed by atoms with Crippen molar-refractivity contribution < 1.29 is 4.79 Å². The van der Waals surface area contributed by atoms with E-state index in [1.807, 2.05) is 55.5 Å². The van der Waals surface area contributed by atoms with Crippen molar-refractivity contribution in [2.45, 2.75) is 13.5 Å². The third-order valence-electron chi connectivity index (χ3n) is 2.88. The summed E-state index contributed by atoms with van der Waals surface area (Å²) >= 11 is 5.80. The Hall–Kier alpha value is -2.06. The van der Waals surface area contributed by atoms with Crippen molar-refractivity contribution in [1.29, 1.82) is 0 Å². The SMILES string of the molecule is Cc1ccc(C=CC(=O)NCc2ccc(Cl)cc2)cc1. The highest BCUT2D eigenvalue weighted by Crippen LogP contribution is 2.09. The van der Waals surface area contributed by atoms with Crippen molar-refractivity contribution in [2.24, 2.45) is 0 Å². The molecule has 1 N–H and O–H groups in total. The first-order chi connectivity index (χ1) is 9.63. The molecule has 20 heavy (non-hydrogen) atoms. The summed E-state index contributed by atoms with van der Waals surface area (Å²) in [5, 5.41) is 3.53. The predicted octanol–water partition coefficient (Wildman–Crippen LogP) is 3.98. The summed E-state index contributed by atoms with van der Waals surface area (Å²) in [5.41, 5.74) is 3.23. The Morgan fingerprint density at radius 3 is 2.40 bits per heavy atom. The fraction of sp³-hybridized carbons (Fsp3) is 0.118. The second kappa shape index (κ2) is 6.92. The molecule has 102 valence electrons. The third-order valence-corrected chi connectivity index (χ3v) is 3.14. The van der Waals surface area contributed by atoms with Gasteiger partial charge in [0.2, 0.25) is 5.91 Å². The van der Waals surface area contributed by atoms with Gasteiger partial charge in [0.15, 0.2) is 0 Å². The zero-order valence-corrected chi connectivity index (χ0v) is 12.0. The van der Waals surface area contributed by atoms with E-state index in [4.69, 9.17) is 11.6 Å². The Kier molecular flexibility index (Phi) is 4.97. The van der Waals surface area contributed by atoms with E-state index >= 15 is 0 Å². The summed E-state index contributed by atoms with van der Waals surface area (Å²) in [5.74, 6) is -0.111. The highest BCUT2D eigenvalue weighted by atomic mass is 35.5. The lowest BCUT2D eigenvalue weighted by Gasteiger charge is -2.02. The van der Waals surface area contributed by atoms with Gasteiger partial charge in [0, 0.05) is 17.6 Å². The predicted molar refractivity (Wildman–Crippen MR) is 83.5 cm³/mol. The normalized spacial score (nSPS) is 10.7. The van der Waals surface area contributed by atoms with Gasteiger partial charge in [0.05, 0.1) is 0 Å². The van der Waals surface area contributed by atoms with Gasteiger partial charge in [-0.15, -0.1) is 0 Å². The van der Waals surface area contributed by atoms with Gasteiger partial charge in [0.1, 0.15) is 0 Å². The molecule has 0 saturated carbocycles. The maximum atomic E-state index is 11.7. The number of rotatable bonds is 4. The number of aryl methyl sites for hydroxylation is 1. The molecule has 0 spiro atoms. The van der Waals surface area contributed by atoms with Gasteiger partial charge in [-0.3, -0.25) is 4.79 Å². The van der Waals surface area contributed by atoms with E-state index in [2.05, 4.69) is 5.32 Å². The number of carbonyl (C=O) groups is 1. The second-order valence-electron chi connectivity index (χ2n) is 4.59. The molecule has 0 aliphatic carbocycles. The number of benzene rings is 2. The van der Waals surface area contributed by atoms with Crippen LogP contribution >= 0.6 is 11.6 Å². The lowest BCUT2D eigenvalue weighted by atomic mass is 10.1. The Labute approximate surface area is 124 Å². The lowest BCUT2D eigenvalue weighted by Crippen LogP contribution is -2.20. The van der Waals surface area contributed by atoms with Crippen LogP contribution in [0.2, 0.25) is 5.02 Å². The maximum absolute atomic E-state index is 11.7. The molecule has 0 fully saturated rings. The average Bonchev–Trinajstić information content (AvgIpc) is 2.46. The number of nitrogens with one attached hydrogen (secondary N) is 1. The fourth-order valence-corrected chi connectivity index (χ4v) is 1.83. The van der Waals surface area contributed by atoms with E-state index in [9.17, 15) is 4.79 Å². The monoisotopic (exact) mass is 285 g/mol. The minimum Gasteiger partial charge on any atom is -0.348 e. The van der Waals surface area contributed by atoms with Gasteiger partial charge in [-0.05, 0) is 36.3 Å². The van der Waals surface area contributed by atoms with Crippen molar-refractivity contribution in [3.05, 3.63) is 76.3 Å². The summed E-state index contributed by atoms with van der Waals surface area (Å²) < 4.78 is 0. The number of hydrogen-bond donors (Lipinski definition) is 1. The quantitative estimate of drug-likeness (QED) is 0.846. The molecule has 0 aromatic heterocycles. The van der Waals surface area contributed by atoms with Gasteiger partial charge in [-0.2, -0.15) is 0 Å². The molecule has 0 atom stereocenters. The first-order valence-electron chi connectivity index (χ1n) is 6.40. The topological polar surface area (TPSA) is 29.1 Å². The molecule has 2 nitrogen and oxygen atoms in total. The number of carbonyl (C=O) groups excluding carboxylic acids is 1. The summed E-state index contributed by atoms with van der Waals surface area (Å²) in [6.45, 7) is 2.53. The van der Waals surface area contributed by atoms with Gasteiger partial charge < -0.3 is 5.32 Å². The zero-order chi connectivity index (χ0) is 14.4. The standard InChI is InChI=1S/C17H16ClNO/c1-13-2-4-14(5-3-13)8-11-17(20)19-12-15-6-9-16(18)10-7-15/h2-11H,12H2,1H3,(H,19,20). The van der Waals surface area contributed by atoms with Gasteiger partial charge >= 0.3 is 0 Å². The molecule has 2 rings (SSSR count). The summed E-state index contributed by atoms with van der Waals surface area (Å²) in [4.78, 5) is 11.7. The highest BCUT2D eigenvalue weighted by molar-refractivity contribution is 6.30. The van der Waals surface area contributed by atoms with E-state index in [1.54, 1.807) is 12.2 Å². The van der Waals surface area contributed by atoms with Gasteiger partial charge in [-0.25, -0.2) is 0 Å². The van der Waals surface area contributed by atoms with Crippen LogP contribution in [0.3, 0.4) is 0 Å². The van der Waals surface area contributed by atoms with Crippen LogP contribution in [0.25, 0.3) is 6.08 Å². The number of halogens is 1. The van der Waals surface area contributed by atoms with Crippen LogP contribution in [0.4, 0.5) is 0 Å². The number of hydrogen-bond acceptors (Lipinski definition) is 1. The molecular weight excluding hydrogens is 270 g/mol. The van der Waals surface area contributed by atoms with Crippen LogP contribution in [0.15, 0.2) is 54.6 Å². The van der Waals surface area contributed by atoms with Crippen molar-refractivity contribution in [2.75, 3.05) is 0 Å². The molecule has 2 aromatic carbocycles. The molecule has 0 bridgehead atoms. The summed E-state index contributed by atoms with van der Waals surface area (Å²) in [6, 6.07) is 15.4. The van der Waals surface area contributed by atoms with Crippen molar-refractivity contribution in [3.8, 4) is 0 Å². The van der Waals surface area contributed by atoms with Crippen molar-refractivity contribution in [1.82, 2.24) is 5.32 Å². The van der Waals surface area contributed by atoms with E-state index in [0.29, 0.717) is 11.6 Å². The molecule has 0 saturated heterocycles. The third kappa shape index (κ3) is 4.56. The molecule has 0 aliphatic rings. The molecule has 0 unspecified atom stereocenters. The van der Waals surface area contributed by atoms with E-state index in [-0.39, 0.29) is 5.91 Å². The van der Waals surface area contributed by atoms with Gasteiger partial charge in [-0.1, -0.05) is 53.6 Å². The summed E-state index contributed by atoms with van der Waals surface area (Å²) in [6.07, 6.45) is 3.34.